The van der Waals surface area contributed by atoms with Crippen molar-refractivity contribution in [1.82, 2.24) is 4.57 Å². The maximum absolute atomic E-state index is 7.07. The van der Waals surface area contributed by atoms with Crippen LogP contribution in [0.3, 0.4) is 0 Å². The zero-order chi connectivity index (χ0) is 42.1. The van der Waals surface area contributed by atoms with Crippen molar-refractivity contribution in [1.29, 1.82) is 0 Å². The van der Waals surface area contributed by atoms with Crippen molar-refractivity contribution in [2.24, 2.45) is 0 Å². The summed E-state index contributed by atoms with van der Waals surface area (Å²) in [5.74, 6) is 0. The summed E-state index contributed by atoms with van der Waals surface area (Å²) < 4.78 is 12.1. The first-order valence-electron chi connectivity index (χ1n) is 21.7. The molecule has 0 fully saturated rings. The third-order valence-corrected chi connectivity index (χ3v) is 13.9. The number of para-hydroxylation sites is 4. The fourth-order valence-electron chi connectivity index (χ4n) is 9.90. The van der Waals surface area contributed by atoms with Crippen molar-refractivity contribution >= 4 is 92.3 Å². The van der Waals surface area contributed by atoms with Gasteiger partial charge in [0, 0.05) is 58.8 Å². The van der Waals surface area contributed by atoms with Gasteiger partial charge in [-0.25, -0.2) is 0 Å². The molecule has 3 heterocycles. The number of anilines is 3. The van der Waals surface area contributed by atoms with Gasteiger partial charge < -0.3 is 13.9 Å². The number of furan rings is 1. The van der Waals surface area contributed by atoms with Crippen LogP contribution in [0.2, 0.25) is 0 Å². The van der Waals surface area contributed by atoms with E-state index >= 15 is 0 Å². The standard InChI is InChI=1S/C60H38N2OS/c1-2-16-39(17-3-1)40-18-14-20-43(36-40)61(44-21-15-19-41(37-44)42-32-35-58-51(38-42)48-25-8-13-31-57(48)64-58)55-34-33-49(60-59(55)50-26-7-12-30-56(50)63-60)47-24-6-11-29-54(47)62-52-27-9-4-22-45(52)46-23-5-10-28-53(46)62/h1-38H. The molecular formula is C60H38N2OS. The van der Waals surface area contributed by atoms with Crippen LogP contribution in [-0.4, -0.2) is 4.57 Å². The quantitative estimate of drug-likeness (QED) is 0.159. The van der Waals surface area contributed by atoms with Crippen LogP contribution in [0.4, 0.5) is 17.1 Å². The molecule has 3 aromatic heterocycles. The molecule has 0 unspecified atom stereocenters. The van der Waals surface area contributed by atoms with Gasteiger partial charge in [0.2, 0.25) is 0 Å². The van der Waals surface area contributed by atoms with E-state index in [1.165, 1.54) is 53.1 Å². The largest absolute Gasteiger partial charge is 0.455 e. The Hall–Kier alpha value is -8.18. The molecule has 0 radical (unpaired) electrons. The number of hydrogen-bond donors (Lipinski definition) is 0. The molecule has 0 atom stereocenters. The molecule has 0 spiro atoms. The first-order valence-corrected chi connectivity index (χ1v) is 22.6. The zero-order valence-corrected chi connectivity index (χ0v) is 35.5. The fourth-order valence-corrected chi connectivity index (χ4v) is 11.0. The van der Waals surface area contributed by atoms with Crippen molar-refractivity contribution < 1.29 is 4.42 Å². The van der Waals surface area contributed by atoms with Crippen LogP contribution in [0.5, 0.6) is 0 Å². The SMILES string of the molecule is c1ccc(-c2cccc(N(c3cccc(-c4ccc5sc6ccccc6c5c4)c3)c3ccc(-c4ccccc4-n4c5ccccc5c5ccccc54)c4oc5ccccc5c34)c2)cc1. The predicted molar refractivity (Wildman–Crippen MR) is 272 cm³/mol. The average molecular weight is 835 g/mol. The molecule has 13 rings (SSSR count). The topological polar surface area (TPSA) is 21.3 Å². The average Bonchev–Trinajstić information content (AvgIpc) is 4.05. The second-order valence-electron chi connectivity index (χ2n) is 16.4. The molecule has 0 aliphatic rings. The Labute approximate surface area is 373 Å². The maximum Gasteiger partial charge on any atom is 0.145 e. The van der Waals surface area contributed by atoms with Crippen LogP contribution in [0, 0.1) is 0 Å². The monoisotopic (exact) mass is 834 g/mol. The Morgan fingerprint density at radius 3 is 1.72 bits per heavy atom. The summed E-state index contributed by atoms with van der Waals surface area (Å²) in [6, 6.07) is 83.4. The minimum absolute atomic E-state index is 0.849. The number of nitrogens with zero attached hydrogens (tertiary/aromatic N) is 2. The van der Waals surface area contributed by atoms with E-state index in [2.05, 4.69) is 240 Å². The normalized spacial score (nSPS) is 11.8. The van der Waals surface area contributed by atoms with Gasteiger partial charge >= 0.3 is 0 Å². The summed E-state index contributed by atoms with van der Waals surface area (Å²) >= 11 is 1.85. The molecule has 0 saturated carbocycles. The van der Waals surface area contributed by atoms with Crippen LogP contribution in [0.25, 0.3) is 103 Å². The lowest BCUT2D eigenvalue weighted by Crippen LogP contribution is -2.11. The summed E-state index contributed by atoms with van der Waals surface area (Å²) in [5.41, 5.74) is 15.1. The van der Waals surface area contributed by atoms with Gasteiger partial charge in [-0.1, -0.05) is 152 Å². The molecular weight excluding hydrogens is 797 g/mol. The van der Waals surface area contributed by atoms with E-state index in [1.54, 1.807) is 0 Å². The van der Waals surface area contributed by atoms with Crippen molar-refractivity contribution in [2.45, 2.75) is 0 Å². The van der Waals surface area contributed by atoms with E-state index in [-0.39, 0.29) is 0 Å². The van der Waals surface area contributed by atoms with Crippen LogP contribution in [0.1, 0.15) is 0 Å². The minimum Gasteiger partial charge on any atom is -0.455 e. The molecule has 3 nitrogen and oxygen atoms in total. The van der Waals surface area contributed by atoms with Crippen molar-refractivity contribution in [3.05, 3.63) is 231 Å². The molecule has 0 saturated heterocycles. The molecule has 64 heavy (non-hydrogen) atoms. The van der Waals surface area contributed by atoms with E-state index < -0.39 is 0 Å². The Morgan fingerprint density at radius 1 is 0.375 bits per heavy atom. The van der Waals surface area contributed by atoms with E-state index in [0.717, 1.165) is 66.9 Å². The second-order valence-corrected chi connectivity index (χ2v) is 17.5. The third kappa shape index (κ3) is 5.81. The summed E-state index contributed by atoms with van der Waals surface area (Å²) in [6.07, 6.45) is 0. The predicted octanol–water partition coefficient (Wildman–Crippen LogP) is 17.5. The molecule has 300 valence electrons. The highest BCUT2D eigenvalue weighted by Crippen LogP contribution is 2.48. The van der Waals surface area contributed by atoms with Gasteiger partial charge in [-0.05, 0) is 101 Å². The van der Waals surface area contributed by atoms with Crippen LogP contribution >= 0.6 is 11.3 Å². The Balaban J connectivity index is 1.05. The molecule has 13 aromatic rings. The minimum atomic E-state index is 0.849. The first kappa shape index (κ1) is 36.5. The van der Waals surface area contributed by atoms with E-state index in [4.69, 9.17) is 4.42 Å². The van der Waals surface area contributed by atoms with Gasteiger partial charge in [-0.3, -0.25) is 0 Å². The first-order chi connectivity index (χ1) is 31.7. The second kappa shape index (κ2) is 14.7. The van der Waals surface area contributed by atoms with Crippen LogP contribution in [0.15, 0.2) is 235 Å². The molecule has 0 aliphatic heterocycles. The van der Waals surface area contributed by atoms with E-state index in [9.17, 15) is 0 Å². The number of fused-ring (bicyclic) bond motifs is 9. The molecule has 10 aromatic carbocycles. The molecule has 0 bridgehead atoms. The van der Waals surface area contributed by atoms with Crippen molar-refractivity contribution in [3.8, 4) is 39.1 Å². The highest BCUT2D eigenvalue weighted by Gasteiger charge is 2.25. The lowest BCUT2D eigenvalue weighted by Gasteiger charge is -2.28. The molecule has 0 amide bonds. The lowest BCUT2D eigenvalue weighted by molar-refractivity contribution is 0.670. The lowest BCUT2D eigenvalue weighted by atomic mass is 9.97. The summed E-state index contributed by atoms with van der Waals surface area (Å²) in [4.78, 5) is 2.42. The van der Waals surface area contributed by atoms with E-state index in [1.807, 2.05) is 11.3 Å². The van der Waals surface area contributed by atoms with Crippen molar-refractivity contribution in [3.63, 3.8) is 0 Å². The Kier molecular flexibility index (Phi) is 8.40. The van der Waals surface area contributed by atoms with Gasteiger partial charge in [-0.15, -0.1) is 11.3 Å². The fraction of sp³-hybridized carbons (Fsp3) is 0. The Morgan fingerprint density at radius 2 is 0.953 bits per heavy atom. The number of aromatic nitrogens is 1. The Bertz CT molecular complexity index is 3880. The summed E-state index contributed by atoms with van der Waals surface area (Å²) in [6.45, 7) is 0. The zero-order valence-electron chi connectivity index (χ0n) is 34.7. The smallest absolute Gasteiger partial charge is 0.145 e. The summed E-state index contributed by atoms with van der Waals surface area (Å²) in [5, 5.41) is 7.19. The third-order valence-electron chi connectivity index (χ3n) is 12.8. The van der Waals surface area contributed by atoms with Gasteiger partial charge in [0.1, 0.15) is 11.2 Å². The summed E-state index contributed by atoms with van der Waals surface area (Å²) in [7, 11) is 0. The maximum atomic E-state index is 7.07. The molecule has 4 heteroatoms. The molecule has 0 aliphatic carbocycles. The van der Waals surface area contributed by atoms with Gasteiger partial charge in [0.15, 0.2) is 0 Å². The highest BCUT2D eigenvalue weighted by atomic mass is 32.1. The van der Waals surface area contributed by atoms with Gasteiger partial charge in [-0.2, -0.15) is 0 Å². The number of benzene rings is 10. The van der Waals surface area contributed by atoms with Crippen molar-refractivity contribution in [2.75, 3.05) is 4.90 Å². The van der Waals surface area contributed by atoms with Gasteiger partial charge in [0.25, 0.3) is 0 Å². The number of rotatable bonds is 7. The highest BCUT2D eigenvalue weighted by molar-refractivity contribution is 7.25. The van der Waals surface area contributed by atoms with Gasteiger partial charge in [0.05, 0.1) is 27.8 Å². The van der Waals surface area contributed by atoms with E-state index in [0.29, 0.717) is 0 Å². The molecule has 0 N–H and O–H groups in total. The number of thiophene rings is 1. The van der Waals surface area contributed by atoms with Crippen LogP contribution in [-0.2, 0) is 0 Å². The van der Waals surface area contributed by atoms with Crippen LogP contribution < -0.4 is 4.90 Å². The number of hydrogen-bond acceptors (Lipinski definition) is 3.